The molecule has 2 rings (SSSR count). The molecule has 0 unspecified atom stereocenters. The molecule has 0 fully saturated rings. The Morgan fingerprint density at radius 2 is 1.70 bits per heavy atom. The molecule has 2 aromatic rings. The van der Waals surface area contributed by atoms with Gasteiger partial charge in [0.05, 0.1) is 18.2 Å². The van der Waals surface area contributed by atoms with E-state index in [1.165, 1.54) is 17.7 Å². The molecule has 1 aromatic carbocycles. The van der Waals surface area contributed by atoms with Crippen LogP contribution in [-0.2, 0) is 13.6 Å². The monoisotopic (exact) mass is 335 g/mol. The second-order valence-electron chi connectivity index (χ2n) is 4.00. The molecule has 0 bridgehead atoms. The number of hydrogen-bond donors (Lipinski definition) is 0. The zero-order valence-corrected chi connectivity index (χ0v) is 14.9. The Labute approximate surface area is 141 Å². The van der Waals surface area contributed by atoms with Gasteiger partial charge < -0.3 is 0 Å². The van der Waals surface area contributed by atoms with Gasteiger partial charge in [-0.2, -0.15) is 5.26 Å². The molecule has 0 amide bonds. The number of hydrogen-bond acceptors (Lipinski definition) is 3. The van der Waals surface area contributed by atoms with E-state index in [0.29, 0.717) is 11.1 Å². The minimum atomic E-state index is -0.509. The molecule has 0 saturated carbocycles. The van der Waals surface area contributed by atoms with Gasteiger partial charge in [-0.05, 0) is 11.6 Å². The molecule has 1 aromatic heterocycles. The lowest BCUT2D eigenvalue weighted by Crippen LogP contribution is -2.38. The van der Waals surface area contributed by atoms with Gasteiger partial charge >= 0.3 is 5.69 Å². The smallest absolute Gasteiger partial charge is 0.279 e. The zero-order valence-electron chi connectivity index (χ0n) is 14.1. The summed E-state index contributed by atoms with van der Waals surface area (Å²) in [5.74, 6) is 0. The third-order valence-electron chi connectivity index (χ3n) is 2.82. The van der Waals surface area contributed by atoms with Gasteiger partial charge in [0.1, 0.15) is 5.15 Å². The maximum Gasteiger partial charge on any atom is 0.332 e. The Morgan fingerprint density at radius 3 is 2.26 bits per heavy atom. The summed E-state index contributed by atoms with van der Waals surface area (Å²) in [5, 5.41) is 9.06. The Balaban J connectivity index is 0.00000112. The summed E-state index contributed by atoms with van der Waals surface area (Å²) in [6.45, 7) is 8.15. The molecule has 23 heavy (non-hydrogen) atoms. The van der Waals surface area contributed by atoms with E-state index < -0.39 is 11.2 Å². The first-order chi connectivity index (χ1) is 11.0. The van der Waals surface area contributed by atoms with Gasteiger partial charge in [0, 0.05) is 13.1 Å². The van der Waals surface area contributed by atoms with Gasteiger partial charge in [0.25, 0.3) is 5.56 Å². The van der Waals surface area contributed by atoms with Gasteiger partial charge in [-0.3, -0.25) is 13.9 Å². The van der Waals surface area contributed by atoms with E-state index in [1.54, 1.807) is 24.3 Å². The third kappa shape index (κ3) is 5.11. The van der Waals surface area contributed by atoms with Crippen LogP contribution in [0.5, 0.6) is 0 Å². The Bertz CT molecular complexity index is 786. The minimum absolute atomic E-state index is 0.0563. The summed E-state index contributed by atoms with van der Waals surface area (Å²) in [6.07, 6.45) is 0. The SMILES string of the molecule is CC.CC.Cn1c(=O)cc(Cl)n(Cc2ccccc2C#N)c1=O. The molecule has 5 nitrogen and oxygen atoms in total. The normalized spacial score (nSPS) is 8.91. The van der Waals surface area contributed by atoms with Crippen molar-refractivity contribution >= 4 is 11.6 Å². The van der Waals surface area contributed by atoms with Crippen LogP contribution in [0.1, 0.15) is 38.8 Å². The lowest BCUT2D eigenvalue weighted by Gasteiger charge is -2.10. The predicted octanol–water partition coefficient (Wildman–Crippen LogP) is 3.17. The lowest BCUT2D eigenvalue weighted by molar-refractivity contribution is 0.646. The van der Waals surface area contributed by atoms with Gasteiger partial charge in [0.2, 0.25) is 0 Å². The summed E-state index contributed by atoms with van der Waals surface area (Å²) in [5.41, 5.74) is 0.178. The first-order valence-corrected chi connectivity index (χ1v) is 7.86. The van der Waals surface area contributed by atoms with E-state index in [-0.39, 0.29) is 11.7 Å². The summed E-state index contributed by atoms with van der Waals surface area (Å²) < 4.78 is 2.22. The minimum Gasteiger partial charge on any atom is -0.279 e. The molecular formula is C17H22ClN3O2. The van der Waals surface area contributed by atoms with Gasteiger partial charge in [-0.25, -0.2) is 4.79 Å². The van der Waals surface area contributed by atoms with Crippen molar-refractivity contribution in [1.82, 2.24) is 9.13 Å². The van der Waals surface area contributed by atoms with E-state index in [4.69, 9.17) is 16.9 Å². The Morgan fingerprint density at radius 1 is 1.13 bits per heavy atom. The number of rotatable bonds is 2. The highest BCUT2D eigenvalue weighted by atomic mass is 35.5. The van der Waals surface area contributed by atoms with Crippen molar-refractivity contribution in [3.63, 3.8) is 0 Å². The molecule has 0 radical (unpaired) electrons. The quantitative estimate of drug-likeness (QED) is 0.791. The number of nitrogens with zero attached hydrogens (tertiary/aromatic N) is 3. The Kier molecular flexibility index (Phi) is 9.36. The summed E-state index contributed by atoms with van der Waals surface area (Å²) in [7, 11) is 1.38. The first-order valence-electron chi connectivity index (χ1n) is 7.49. The fourth-order valence-corrected chi connectivity index (χ4v) is 1.95. The molecule has 1 heterocycles. The second-order valence-corrected chi connectivity index (χ2v) is 4.39. The van der Waals surface area contributed by atoms with Crippen LogP contribution in [0.25, 0.3) is 0 Å². The van der Waals surface area contributed by atoms with Crippen molar-refractivity contribution in [2.24, 2.45) is 7.05 Å². The molecule has 0 N–H and O–H groups in total. The third-order valence-corrected chi connectivity index (χ3v) is 3.13. The number of aromatic nitrogens is 2. The van der Waals surface area contributed by atoms with E-state index in [9.17, 15) is 9.59 Å². The molecule has 0 aliphatic heterocycles. The average Bonchev–Trinajstić information content (AvgIpc) is 2.60. The average molecular weight is 336 g/mol. The van der Waals surface area contributed by atoms with Gasteiger partial charge in [-0.1, -0.05) is 57.5 Å². The highest BCUT2D eigenvalue weighted by Gasteiger charge is 2.09. The van der Waals surface area contributed by atoms with Crippen molar-refractivity contribution in [2.75, 3.05) is 0 Å². The van der Waals surface area contributed by atoms with E-state index in [0.717, 1.165) is 4.57 Å². The fourth-order valence-electron chi connectivity index (χ4n) is 1.72. The maximum absolute atomic E-state index is 12.0. The van der Waals surface area contributed by atoms with E-state index in [2.05, 4.69) is 6.07 Å². The van der Waals surface area contributed by atoms with Crippen LogP contribution >= 0.6 is 11.6 Å². The molecule has 124 valence electrons. The zero-order chi connectivity index (χ0) is 18.0. The molecule has 0 aliphatic rings. The van der Waals surface area contributed by atoms with Crippen molar-refractivity contribution < 1.29 is 0 Å². The summed E-state index contributed by atoms with van der Waals surface area (Å²) in [4.78, 5) is 23.4. The standard InChI is InChI=1S/C13H10ClN3O2.2C2H6/c1-16-12(18)6-11(14)17(13(16)19)8-10-5-3-2-4-9(10)7-15;2*1-2/h2-6H,8H2,1H3;2*1-2H3. The summed E-state index contributed by atoms with van der Waals surface area (Å²) >= 11 is 5.92. The highest BCUT2D eigenvalue weighted by molar-refractivity contribution is 6.29. The topological polar surface area (TPSA) is 67.8 Å². The van der Waals surface area contributed by atoms with Crippen LogP contribution in [0, 0.1) is 11.3 Å². The molecule has 6 heteroatoms. The van der Waals surface area contributed by atoms with E-state index in [1.807, 2.05) is 27.7 Å². The van der Waals surface area contributed by atoms with Gasteiger partial charge in [-0.15, -0.1) is 0 Å². The van der Waals surface area contributed by atoms with Crippen LogP contribution in [0.3, 0.4) is 0 Å². The molecule has 0 atom stereocenters. The maximum atomic E-state index is 12.0. The first kappa shape index (κ1) is 20.7. The lowest BCUT2D eigenvalue weighted by atomic mass is 10.1. The second kappa shape index (κ2) is 10.4. The predicted molar refractivity (Wildman–Crippen MR) is 93.9 cm³/mol. The molecule has 0 spiro atoms. The fraction of sp³-hybridized carbons (Fsp3) is 0.353. The van der Waals surface area contributed by atoms with Crippen LogP contribution in [0.2, 0.25) is 5.15 Å². The number of halogens is 1. The largest absolute Gasteiger partial charge is 0.332 e. The Hall–Kier alpha value is -2.32. The number of nitriles is 1. The van der Waals surface area contributed by atoms with Crippen molar-refractivity contribution in [1.29, 1.82) is 5.26 Å². The van der Waals surface area contributed by atoms with Crippen molar-refractivity contribution in [3.05, 3.63) is 67.4 Å². The summed E-state index contributed by atoms with van der Waals surface area (Å²) in [6, 6.07) is 10.2. The van der Waals surface area contributed by atoms with E-state index >= 15 is 0 Å². The van der Waals surface area contributed by atoms with Crippen LogP contribution in [0.15, 0.2) is 39.9 Å². The van der Waals surface area contributed by atoms with Gasteiger partial charge in [0.15, 0.2) is 0 Å². The molecular weight excluding hydrogens is 314 g/mol. The molecule has 0 aliphatic carbocycles. The van der Waals surface area contributed by atoms with Crippen molar-refractivity contribution in [2.45, 2.75) is 34.2 Å². The highest BCUT2D eigenvalue weighted by Crippen LogP contribution is 2.11. The van der Waals surface area contributed by atoms with Crippen LogP contribution in [-0.4, -0.2) is 9.13 Å². The molecule has 0 saturated heterocycles. The van der Waals surface area contributed by atoms with Crippen LogP contribution in [0.4, 0.5) is 0 Å². The van der Waals surface area contributed by atoms with Crippen LogP contribution < -0.4 is 11.2 Å². The van der Waals surface area contributed by atoms with Crippen molar-refractivity contribution in [3.8, 4) is 6.07 Å². The number of benzene rings is 1.